The minimum Gasteiger partial charge on any atom is -0.497 e. The molecule has 230 valence electrons. The average Bonchev–Trinajstić information content (AvgIpc) is 3.38. The summed E-state index contributed by atoms with van der Waals surface area (Å²) in [4.78, 5) is 34.7. The number of methoxy groups -OCH3 is 1. The SMILES string of the molecule is COc1ccc(CN2CCN(C(=O)c3cc4cc(Oc5ccc(NC(=O)c6ccc(Cl)c(Cl)c6)cn5)ccc4n3C)CC2)cc1. The van der Waals surface area contributed by atoms with Crippen LogP contribution in [-0.4, -0.2) is 64.5 Å². The van der Waals surface area contributed by atoms with E-state index in [1.54, 1.807) is 31.4 Å². The third-order valence-corrected chi connectivity index (χ3v) is 8.60. The van der Waals surface area contributed by atoms with Crippen molar-refractivity contribution >= 4 is 51.6 Å². The number of rotatable bonds is 8. The predicted molar refractivity (Wildman–Crippen MR) is 176 cm³/mol. The van der Waals surface area contributed by atoms with Crippen LogP contribution >= 0.6 is 23.2 Å². The monoisotopic (exact) mass is 643 g/mol. The molecular weight excluding hydrogens is 613 g/mol. The molecule has 5 aromatic rings. The number of hydrogen-bond acceptors (Lipinski definition) is 6. The van der Waals surface area contributed by atoms with Crippen LogP contribution in [0.4, 0.5) is 5.69 Å². The highest BCUT2D eigenvalue weighted by Crippen LogP contribution is 2.28. The number of halogens is 2. The van der Waals surface area contributed by atoms with Gasteiger partial charge in [0.25, 0.3) is 11.8 Å². The van der Waals surface area contributed by atoms with E-state index < -0.39 is 0 Å². The van der Waals surface area contributed by atoms with Crippen molar-refractivity contribution < 1.29 is 19.1 Å². The van der Waals surface area contributed by atoms with Crippen molar-refractivity contribution in [2.45, 2.75) is 6.54 Å². The molecule has 2 amide bonds. The Kier molecular flexibility index (Phi) is 8.93. The lowest BCUT2D eigenvalue weighted by atomic mass is 10.2. The van der Waals surface area contributed by atoms with Crippen LogP contribution in [0.2, 0.25) is 10.0 Å². The molecular formula is C34H31Cl2N5O4. The normalized spacial score (nSPS) is 13.6. The van der Waals surface area contributed by atoms with Gasteiger partial charge in [-0.15, -0.1) is 0 Å². The number of ether oxygens (including phenoxy) is 2. The van der Waals surface area contributed by atoms with Crippen LogP contribution in [0.25, 0.3) is 10.9 Å². The lowest BCUT2D eigenvalue weighted by Gasteiger charge is -2.34. The first-order chi connectivity index (χ1) is 21.8. The van der Waals surface area contributed by atoms with E-state index >= 15 is 0 Å². The Hall–Kier alpha value is -4.57. The Labute approximate surface area is 270 Å². The molecule has 0 atom stereocenters. The first-order valence-electron chi connectivity index (χ1n) is 14.4. The van der Waals surface area contributed by atoms with Crippen LogP contribution in [0.3, 0.4) is 0 Å². The van der Waals surface area contributed by atoms with E-state index in [-0.39, 0.29) is 11.8 Å². The molecule has 45 heavy (non-hydrogen) atoms. The molecule has 9 nitrogen and oxygen atoms in total. The molecule has 1 saturated heterocycles. The smallest absolute Gasteiger partial charge is 0.270 e. The summed E-state index contributed by atoms with van der Waals surface area (Å²) in [5.41, 5.74) is 3.66. The Balaban J connectivity index is 1.07. The quantitative estimate of drug-likeness (QED) is 0.198. The number of benzene rings is 3. The molecule has 0 bridgehead atoms. The fourth-order valence-corrected chi connectivity index (χ4v) is 5.63. The van der Waals surface area contributed by atoms with Gasteiger partial charge in [0, 0.05) is 62.3 Å². The van der Waals surface area contributed by atoms with Crippen LogP contribution in [-0.2, 0) is 13.6 Å². The minimum absolute atomic E-state index is 0.0143. The molecule has 2 aromatic heterocycles. The molecule has 1 aliphatic rings. The molecule has 11 heteroatoms. The summed E-state index contributed by atoms with van der Waals surface area (Å²) in [5, 5.41) is 4.35. The molecule has 0 saturated carbocycles. The number of aromatic nitrogens is 2. The molecule has 0 spiro atoms. The third kappa shape index (κ3) is 6.91. The fourth-order valence-electron chi connectivity index (χ4n) is 5.33. The Morgan fingerprint density at radius 2 is 1.62 bits per heavy atom. The van der Waals surface area contributed by atoms with Gasteiger partial charge < -0.3 is 24.3 Å². The number of fused-ring (bicyclic) bond motifs is 1. The number of hydrogen-bond donors (Lipinski definition) is 1. The number of piperazine rings is 1. The molecule has 0 aliphatic carbocycles. The van der Waals surface area contributed by atoms with E-state index in [2.05, 4.69) is 27.3 Å². The largest absolute Gasteiger partial charge is 0.497 e. The lowest BCUT2D eigenvalue weighted by Crippen LogP contribution is -2.48. The van der Waals surface area contributed by atoms with Crippen LogP contribution in [0, 0.1) is 0 Å². The summed E-state index contributed by atoms with van der Waals surface area (Å²) in [5.74, 6) is 1.47. The van der Waals surface area contributed by atoms with Crippen molar-refractivity contribution in [1.29, 1.82) is 0 Å². The molecule has 1 N–H and O–H groups in total. The number of carbonyl (C=O) groups excluding carboxylic acids is 2. The van der Waals surface area contributed by atoms with Crippen molar-refractivity contribution in [2.75, 3.05) is 38.6 Å². The number of nitrogens with zero attached hydrogens (tertiary/aromatic N) is 4. The second-order valence-electron chi connectivity index (χ2n) is 10.8. The van der Waals surface area contributed by atoms with Crippen molar-refractivity contribution in [1.82, 2.24) is 19.4 Å². The van der Waals surface area contributed by atoms with Gasteiger partial charge >= 0.3 is 0 Å². The third-order valence-electron chi connectivity index (χ3n) is 7.86. The fraction of sp³-hybridized carbons (Fsp3) is 0.206. The Morgan fingerprint density at radius 3 is 2.31 bits per heavy atom. The average molecular weight is 645 g/mol. The van der Waals surface area contributed by atoms with Crippen LogP contribution in [0.1, 0.15) is 26.4 Å². The van der Waals surface area contributed by atoms with Gasteiger partial charge in [0.1, 0.15) is 17.2 Å². The predicted octanol–water partition coefficient (Wildman–Crippen LogP) is 6.89. The molecule has 1 aliphatic heterocycles. The van der Waals surface area contributed by atoms with E-state index in [1.807, 2.05) is 52.9 Å². The second kappa shape index (κ2) is 13.2. The zero-order valence-electron chi connectivity index (χ0n) is 24.8. The number of carbonyl (C=O) groups is 2. The van der Waals surface area contributed by atoms with Gasteiger partial charge in [0.05, 0.1) is 29.0 Å². The van der Waals surface area contributed by atoms with E-state index in [4.69, 9.17) is 32.7 Å². The summed E-state index contributed by atoms with van der Waals surface area (Å²) in [6, 6.07) is 23.7. The molecule has 0 radical (unpaired) electrons. The van der Waals surface area contributed by atoms with Crippen molar-refractivity contribution in [3.05, 3.63) is 112 Å². The molecule has 6 rings (SSSR count). The second-order valence-corrected chi connectivity index (χ2v) is 11.6. The van der Waals surface area contributed by atoms with E-state index in [1.165, 1.54) is 17.8 Å². The first kappa shape index (κ1) is 30.5. The number of pyridine rings is 1. The van der Waals surface area contributed by atoms with Gasteiger partial charge in [0.2, 0.25) is 5.88 Å². The highest BCUT2D eigenvalue weighted by atomic mass is 35.5. The van der Waals surface area contributed by atoms with Gasteiger partial charge in [-0.05, 0) is 66.2 Å². The van der Waals surface area contributed by atoms with Gasteiger partial charge in [-0.1, -0.05) is 35.3 Å². The summed E-state index contributed by atoms with van der Waals surface area (Å²) in [7, 11) is 3.57. The Bertz CT molecular complexity index is 1850. The van der Waals surface area contributed by atoms with Gasteiger partial charge in [-0.2, -0.15) is 0 Å². The van der Waals surface area contributed by atoms with Crippen LogP contribution < -0.4 is 14.8 Å². The molecule has 1 fully saturated rings. The van der Waals surface area contributed by atoms with Crippen molar-refractivity contribution in [3.8, 4) is 17.4 Å². The number of anilines is 1. The van der Waals surface area contributed by atoms with Crippen molar-refractivity contribution in [2.24, 2.45) is 7.05 Å². The zero-order chi connectivity index (χ0) is 31.5. The summed E-state index contributed by atoms with van der Waals surface area (Å²) in [6.07, 6.45) is 1.51. The topological polar surface area (TPSA) is 88.9 Å². The maximum atomic E-state index is 13.5. The van der Waals surface area contributed by atoms with Crippen molar-refractivity contribution in [3.63, 3.8) is 0 Å². The van der Waals surface area contributed by atoms with Gasteiger partial charge in [0.15, 0.2) is 0 Å². The maximum Gasteiger partial charge on any atom is 0.270 e. The maximum absolute atomic E-state index is 13.5. The molecule has 0 unspecified atom stereocenters. The van der Waals surface area contributed by atoms with E-state index in [0.717, 1.165) is 36.3 Å². The van der Waals surface area contributed by atoms with Crippen LogP contribution in [0.15, 0.2) is 85.1 Å². The minimum atomic E-state index is -0.334. The lowest BCUT2D eigenvalue weighted by molar-refractivity contribution is 0.0619. The first-order valence-corrected chi connectivity index (χ1v) is 15.2. The molecule has 3 aromatic carbocycles. The number of aryl methyl sites for hydroxylation is 1. The zero-order valence-corrected chi connectivity index (χ0v) is 26.3. The highest BCUT2D eigenvalue weighted by Gasteiger charge is 2.25. The van der Waals surface area contributed by atoms with E-state index in [9.17, 15) is 9.59 Å². The van der Waals surface area contributed by atoms with E-state index in [0.29, 0.717) is 51.7 Å². The Morgan fingerprint density at radius 1 is 0.867 bits per heavy atom. The number of amides is 2. The van der Waals surface area contributed by atoms with Gasteiger partial charge in [-0.25, -0.2) is 4.98 Å². The summed E-state index contributed by atoms with van der Waals surface area (Å²) < 4.78 is 13.2. The highest BCUT2D eigenvalue weighted by molar-refractivity contribution is 6.42. The van der Waals surface area contributed by atoms with Gasteiger partial charge in [-0.3, -0.25) is 14.5 Å². The summed E-state index contributed by atoms with van der Waals surface area (Å²) >= 11 is 12.0. The van der Waals surface area contributed by atoms with Crippen LogP contribution in [0.5, 0.6) is 17.4 Å². The standard InChI is InChI=1S/C34H31Cl2N5O4/c1-39-30-11-9-27(45-32-12-6-25(20-37-32)38-33(42)23-5-10-28(35)29(36)18-23)17-24(30)19-31(39)34(43)41-15-13-40(14-16-41)21-22-3-7-26(44-2)8-4-22/h3-12,17-20H,13-16,21H2,1-2H3,(H,38,42). The number of nitrogens with one attached hydrogen (secondary N) is 1. The summed E-state index contributed by atoms with van der Waals surface area (Å²) in [6.45, 7) is 3.80. The molecule has 3 heterocycles.